The van der Waals surface area contributed by atoms with Crippen molar-refractivity contribution >= 4 is 33.6 Å². The minimum absolute atomic E-state index is 0.566. The largest absolute Gasteiger partial charge is 0.486 e. The smallest absolute Gasteiger partial charge is 0.179 e. The van der Waals surface area contributed by atoms with E-state index in [2.05, 4.69) is 22.0 Å². The van der Waals surface area contributed by atoms with Crippen LogP contribution in [0.4, 0.5) is 0 Å². The van der Waals surface area contributed by atoms with Crippen molar-refractivity contribution in [2.75, 3.05) is 18.5 Å². The molecule has 1 aromatic carbocycles. The highest BCUT2D eigenvalue weighted by molar-refractivity contribution is 9.09. The quantitative estimate of drug-likeness (QED) is 0.656. The summed E-state index contributed by atoms with van der Waals surface area (Å²) in [7, 11) is 0. The minimum atomic E-state index is 0.566. The Balaban J connectivity index is 1.88. The molecule has 1 saturated carbocycles. The molecule has 1 aliphatic heterocycles. The Bertz CT molecular complexity index is 536. The monoisotopic (exact) mass is 370 g/mol. The van der Waals surface area contributed by atoms with Gasteiger partial charge in [-0.15, -0.1) is 0 Å². The number of halogens is 2. The fourth-order valence-corrected chi connectivity index (χ4v) is 4.06. The van der Waals surface area contributed by atoms with Gasteiger partial charge in [0.1, 0.15) is 13.2 Å². The number of ether oxygens (including phenoxy) is 2. The summed E-state index contributed by atoms with van der Waals surface area (Å²) in [5.74, 6) is 2.14. The maximum Gasteiger partial charge on any atom is 0.179 e. The molecule has 1 heterocycles. The average molecular weight is 372 g/mol. The number of allylic oxidation sites excluding steroid dienone is 1. The van der Waals surface area contributed by atoms with Crippen molar-refractivity contribution in [1.29, 1.82) is 0 Å². The second-order valence-corrected chi connectivity index (χ2v) is 6.68. The van der Waals surface area contributed by atoms with Crippen molar-refractivity contribution in [3.63, 3.8) is 0 Å². The highest BCUT2D eigenvalue weighted by atomic mass is 79.9. The van der Waals surface area contributed by atoms with Gasteiger partial charge in [0.25, 0.3) is 0 Å². The number of fused-ring (bicyclic) bond motifs is 1. The summed E-state index contributed by atoms with van der Waals surface area (Å²) in [6.45, 7) is 1.15. The molecule has 0 radical (unpaired) electrons. The fraction of sp³-hybridized carbons (Fsp3) is 0.529. The molecular weight excluding hydrogens is 352 g/mol. The molecule has 0 amide bonds. The van der Waals surface area contributed by atoms with Gasteiger partial charge in [-0.25, -0.2) is 0 Å². The SMILES string of the molecule is Clc1cc(/C=C(/CBr)C2CCCCC2)cc2c1OCCO2. The molecule has 1 aromatic rings. The van der Waals surface area contributed by atoms with E-state index in [4.69, 9.17) is 21.1 Å². The van der Waals surface area contributed by atoms with Crippen molar-refractivity contribution < 1.29 is 9.47 Å². The second-order valence-electron chi connectivity index (χ2n) is 5.71. The predicted octanol–water partition coefficient (Wildman–Crippen LogP) is 5.47. The first-order chi connectivity index (χ1) is 10.3. The maximum atomic E-state index is 6.31. The van der Waals surface area contributed by atoms with Gasteiger partial charge in [0.15, 0.2) is 11.5 Å². The third-order valence-electron chi connectivity index (χ3n) is 4.26. The van der Waals surface area contributed by atoms with Gasteiger partial charge >= 0.3 is 0 Å². The van der Waals surface area contributed by atoms with Crippen LogP contribution >= 0.6 is 27.5 Å². The highest BCUT2D eigenvalue weighted by Gasteiger charge is 2.19. The Labute approximate surface area is 139 Å². The summed E-state index contributed by atoms with van der Waals surface area (Å²) in [5, 5.41) is 1.56. The standard InChI is InChI=1S/C17H20BrClO2/c18-11-14(13-4-2-1-3-5-13)8-12-9-15(19)17-16(10-12)20-6-7-21-17/h8-10,13H,1-7,11H2/b14-8-. The van der Waals surface area contributed by atoms with Gasteiger partial charge in [-0.2, -0.15) is 0 Å². The molecule has 4 heteroatoms. The Kier molecular flexibility index (Phi) is 5.12. The van der Waals surface area contributed by atoms with Gasteiger partial charge in [0.2, 0.25) is 0 Å². The Morgan fingerprint density at radius 2 is 1.95 bits per heavy atom. The van der Waals surface area contributed by atoms with Gasteiger partial charge < -0.3 is 9.47 Å². The topological polar surface area (TPSA) is 18.5 Å². The summed E-state index contributed by atoms with van der Waals surface area (Å²) in [5.41, 5.74) is 2.56. The Morgan fingerprint density at radius 3 is 2.71 bits per heavy atom. The molecule has 3 rings (SSSR count). The molecule has 0 atom stereocenters. The third kappa shape index (κ3) is 3.57. The molecule has 21 heavy (non-hydrogen) atoms. The number of rotatable bonds is 3. The minimum Gasteiger partial charge on any atom is -0.486 e. The molecule has 0 saturated heterocycles. The van der Waals surface area contributed by atoms with Crippen molar-refractivity contribution in [3.05, 3.63) is 28.3 Å². The van der Waals surface area contributed by atoms with E-state index in [-0.39, 0.29) is 0 Å². The van der Waals surface area contributed by atoms with E-state index in [1.54, 1.807) is 0 Å². The summed E-state index contributed by atoms with van der Waals surface area (Å²) in [6, 6.07) is 4.01. The summed E-state index contributed by atoms with van der Waals surface area (Å²) in [4.78, 5) is 0. The lowest BCUT2D eigenvalue weighted by molar-refractivity contribution is 0.171. The van der Waals surface area contributed by atoms with Crippen molar-refractivity contribution in [2.24, 2.45) is 5.92 Å². The summed E-state index contributed by atoms with van der Waals surface area (Å²) in [6.07, 6.45) is 8.93. The molecule has 0 aromatic heterocycles. The molecule has 0 N–H and O–H groups in total. The number of alkyl halides is 1. The number of hydrogen-bond acceptors (Lipinski definition) is 2. The van der Waals surface area contributed by atoms with Crippen molar-refractivity contribution in [2.45, 2.75) is 32.1 Å². The van der Waals surface area contributed by atoms with E-state index < -0.39 is 0 Å². The van der Waals surface area contributed by atoms with Gasteiger partial charge in [-0.3, -0.25) is 0 Å². The first-order valence-electron chi connectivity index (χ1n) is 7.63. The van der Waals surface area contributed by atoms with E-state index in [1.807, 2.05) is 12.1 Å². The summed E-state index contributed by atoms with van der Waals surface area (Å²) >= 11 is 9.96. The first kappa shape index (κ1) is 15.2. The van der Waals surface area contributed by atoms with E-state index in [9.17, 15) is 0 Å². The predicted molar refractivity (Wildman–Crippen MR) is 90.8 cm³/mol. The van der Waals surface area contributed by atoms with Crippen LogP contribution in [0.25, 0.3) is 6.08 Å². The number of benzene rings is 1. The second kappa shape index (κ2) is 7.06. The van der Waals surface area contributed by atoms with Crippen LogP contribution in [0.15, 0.2) is 17.7 Å². The van der Waals surface area contributed by atoms with Crippen molar-refractivity contribution in [1.82, 2.24) is 0 Å². The Morgan fingerprint density at radius 1 is 1.19 bits per heavy atom. The molecule has 1 fully saturated rings. The van der Waals surface area contributed by atoms with Gasteiger partial charge in [0.05, 0.1) is 5.02 Å². The maximum absolute atomic E-state index is 6.31. The van der Waals surface area contributed by atoms with Gasteiger partial charge in [-0.1, -0.05) is 58.4 Å². The zero-order chi connectivity index (χ0) is 14.7. The molecular formula is C17H20BrClO2. The molecule has 0 bridgehead atoms. The van der Waals surface area contributed by atoms with Crippen LogP contribution in [0.2, 0.25) is 5.02 Å². The lowest BCUT2D eigenvalue weighted by Gasteiger charge is -2.24. The van der Waals surface area contributed by atoms with E-state index in [0.29, 0.717) is 29.9 Å². The molecule has 0 spiro atoms. The summed E-state index contributed by atoms with van der Waals surface area (Å²) < 4.78 is 11.2. The lowest BCUT2D eigenvalue weighted by atomic mass is 9.84. The molecule has 1 aliphatic carbocycles. The molecule has 114 valence electrons. The molecule has 2 nitrogen and oxygen atoms in total. The van der Waals surface area contributed by atoms with E-state index in [0.717, 1.165) is 16.6 Å². The lowest BCUT2D eigenvalue weighted by Crippen LogP contribution is -2.15. The van der Waals surface area contributed by atoms with E-state index >= 15 is 0 Å². The normalized spacial score (nSPS) is 19.6. The fourth-order valence-electron chi connectivity index (χ4n) is 3.17. The van der Waals surface area contributed by atoms with Crippen LogP contribution in [0.3, 0.4) is 0 Å². The van der Waals surface area contributed by atoms with Gasteiger partial charge in [-0.05, 0) is 36.5 Å². The molecule has 2 aliphatic rings. The van der Waals surface area contributed by atoms with Crippen molar-refractivity contribution in [3.8, 4) is 11.5 Å². The van der Waals surface area contributed by atoms with Gasteiger partial charge in [0, 0.05) is 5.33 Å². The average Bonchev–Trinajstić information content (AvgIpc) is 2.53. The van der Waals surface area contributed by atoms with Crippen LogP contribution in [-0.4, -0.2) is 18.5 Å². The Hall–Kier alpha value is -0.670. The highest BCUT2D eigenvalue weighted by Crippen LogP contribution is 2.39. The zero-order valence-electron chi connectivity index (χ0n) is 12.0. The zero-order valence-corrected chi connectivity index (χ0v) is 14.4. The van der Waals surface area contributed by atoms with Crippen LogP contribution in [0.1, 0.15) is 37.7 Å². The van der Waals surface area contributed by atoms with Crippen LogP contribution in [0, 0.1) is 5.92 Å². The van der Waals surface area contributed by atoms with Crippen LogP contribution in [0.5, 0.6) is 11.5 Å². The van der Waals surface area contributed by atoms with Crippen LogP contribution < -0.4 is 9.47 Å². The number of hydrogen-bond donors (Lipinski definition) is 0. The molecule has 0 unspecified atom stereocenters. The first-order valence-corrected chi connectivity index (χ1v) is 9.13. The van der Waals surface area contributed by atoms with E-state index in [1.165, 1.54) is 37.7 Å². The third-order valence-corrected chi connectivity index (χ3v) is 5.18. The van der Waals surface area contributed by atoms with Crippen LogP contribution in [-0.2, 0) is 0 Å².